The molecule has 0 aromatic heterocycles. The van der Waals surface area contributed by atoms with Gasteiger partial charge in [0.2, 0.25) is 0 Å². The van der Waals surface area contributed by atoms with Crippen LogP contribution in [0.4, 0.5) is 0 Å². The average Bonchev–Trinajstić information content (AvgIpc) is 3.40. The van der Waals surface area contributed by atoms with Crippen LogP contribution in [0.2, 0.25) is 0 Å². The van der Waals surface area contributed by atoms with Gasteiger partial charge in [-0.2, -0.15) is 0 Å². The third-order valence-electron chi connectivity index (χ3n) is 13.7. The zero-order valence-electron chi connectivity index (χ0n) is 25.4. The van der Waals surface area contributed by atoms with Crippen molar-refractivity contribution < 1.29 is 34.6 Å². The van der Waals surface area contributed by atoms with E-state index in [2.05, 4.69) is 39.1 Å². The molecule has 0 bridgehead atoms. The topological polar surface area (TPSA) is 121 Å². The second-order valence-electron chi connectivity index (χ2n) is 15.6. The molecule has 232 valence electrons. The minimum atomic E-state index is -1.41. The molecule has 3 heterocycles. The molecule has 16 atom stereocenters. The van der Waals surface area contributed by atoms with Gasteiger partial charge in [0.25, 0.3) is 0 Å². The van der Waals surface area contributed by atoms with Gasteiger partial charge in [0.1, 0.15) is 30.1 Å². The molecule has 3 saturated heterocycles. The summed E-state index contributed by atoms with van der Waals surface area (Å²) in [5, 5.41) is 44.3. The highest BCUT2D eigenvalue weighted by Crippen LogP contribution is 2.70. The molecule has 6 fully saturated rings. The van der Waals surface area contributed by atoms with Crippen molar-refractivity contribution >= 4 is 0 Å². The summed E-state index contributed by atoms with van der Waals surface area (Å²) in [5.41, 5.74) is 1.86. The Kier molecular flexibility index (Phi) is 7.27. The highest BCUT2D eigenvalue weighted by molar-refractivity contribution is 5.26. The van der Waals surface area contributed by atoms with Crippen LogP contribution in [-0.4, -0.2) is 82.2 Å². The van der Waals surface area contributed by atoms with Gasteiger partial charge < -0.3 is 34.6 Å². The van der Waals surface area contributed by atoms with Crippen LogP contribution in [0.25, 0.3) is 0 Å². The van der Waals surface area contributed by atoms with Gasteiger partial charge in [0.15, 0.2) is 6.29 Å². The molecule has 7 rings (SSSR count). The lowest BCUT2D eigenvalue weighted by Crippen LogP contribution is -2.60. The number of aliphatic hydroxyl groups excluding tert-OH is 4. The van der Waals surface area contributed by atoms with Gasteiger partial charge in [-0.25, -0.2) is 0 Å². The van der Waals surface area contributed by atoms with Gasteiger partial charge in [0.05, 0.1) is 18.8 Å². The Morgan fingerprint density at radius 1 is 1.00 bits per heavy atom. The summed E-state index contributed by atoms with van der Waals surface area (Å²) < 4.78 is 18.9. The molecule has 41 heavy (non-hydrogen) atoms. The van der Waals surface area contributed by atoms with E-state index < -0.39 is 37.3 Å². The largest absolute Gasteiger partial charge is 0.394 e. The number of ether oxygens (including phenoxy) is 3. The summed E-state index contributed by atoms with van der Waals surface area (Å²) in [4.78, 5) is 0. The van der Waals surface area contributed by atoms with E-state index in [4.69, 9.17) is 14.2 Å². The predicted octanol–water partition coefficient (Wildman–Crippen LogP) is 3.11. The summed E-state index contributed by atoms with van der Waals surface area (Å²) in [6, 6.07) is 0. The van der Waals surface area contributed by atoms with Crippen molar-refractivity contribution in [1.82, 2.24) is 5.32 Å². The molecule has 0 amide bonds. The highest BCUT2D eigenvalue weighted by atomic mass is 16.7. The lowest BCUT2D eigenvalue weighted by Gasteiger charge is -2.59. The summed E-state index contributed by atoms with van der Waals surface area (Å²) in [5.74, 6) is 3.99. The van der Waals surface area contributed by atoms with Crippen LogP contribution in [0.5, 0.6) is 0 Å². The minimum absolute atomic E-state index is 0.113. The predicted molar refractivity (Wildman–Crippen MR) is 152 cm³/mol. The first kappa shape index (κ1) is 29.1. The van der Waals surface area contributed by atoms with E-state index in [-0.39, 0.29) is 17.2 Å². The van der Waals surface area contributed by atoms with Gasteiger partial charge in [0, 0.05) is 12.5 Å². The Morgan fingerprint density at radius 2 is 1.80 bits per heavy atom. The van der Waals surface area contributed by atoms with Crippen molar-refractivity contribution in [3.63, 3.8) is 0 Å². The first-order valence-corrected chi connectivity index (χ1v) is 16.6. The number of hydrogen-bond acceptors (Lipinski definition) is 8. The molecule has 4 aliphatic carbocycles. The summed E-state index contributed by atoms with van der Waals surface area (Å²) in [6.07, 6.45) is 6.64. The van der Waals surface area contributed by atoms with Crippen LogP contribution in [-0.2, 0) is 14.2 Å². The maximum atomic E-state index is 10.5. The molecule has 1 spiro atoms. The van der Waals surface area contributed by atoms with E-state index in [9.17, 15) is 20.4 Å². The molecule has 0 aromatic rings. The van der Waals surface area contributed by atoms with Gasteiger partial charge >= 0.3 is 0 Å². The molecule has 0 aromatic carbocycles. The molecule has 16 unspecified atom stereocenters. The van der Waals surface area contributed by atoms with E-state index >= 15 is 0 Å². The third-order valence-corrected chi connectivity index (χ3v) is 13.7. The van der Waals surface area contributed by atoms with Crippen LogP contribution < -0.4 is 5.32 Å². The zero-order valence-corrected chi connectivity index (χ0v) is 25.4. The van der Waals surface area contributed by atoms with Crippen LogP contribution in [0, 0.1) is 46.3 Å². The third kappa shape index (κ3) is 4.29. The fourth-order valence-electron chi connectivity index (χ4n) is 11.3. The molecule has 8 nitrogen and oxygen atoms in total. The summed E-state index contributed by atoms with van der Waals surface area (Å²) >= 11 is 0. The number of fused-ring (bicyclic) bond motifs is 7. The lowest BCUT2D eigenvalue weighted by atomic mass is 9.47. The SMILES string of the molecule is CC1CCC2(NC1)OC1CC3C4CC=C5CC(OC6OC(CO)C(O)C(O)C6O)CCC5(C)C4CCC3(C)C1C2C. The normalized spacial score (nSPS) is 58.3. The molecule has 7 aliphatic rings. The standard InChI is InChI=1S/C33H53NO7/c1-17-7-12-33(34-15-17)18(2)26-24(41-33)14-23-21-6-5-19-13-20(8-10-31(19,3)22(21)9-11-32(23,26)4)39-30-29(38)28(37)27(36)25(16-35)40-30/h5,17-18,20-30,34-38H,6-16H2,1-4H3. The molecular formula is C33H53NO7. The summed E-state index contributed by atoms with van der Waals surface area (Å²) in [6.45, 7) is 10.5. The van der Waals surface area contributed by atoms with Crippen molar-refractivity contribution in [2.75, 3.05) is 13.2 Å². The average molecular weight is 576 g/mol. The molecule has 5 N–H and O–H groups in total. The quantitative estimate of drug-likeness (QED) is 0.326. The minimum Gasteiger partial charge on any atom is -0.394 e. The van der Waals surface area contributed by atoms with E-state index in [1.165, 1.54) is 31.3 Å². The Balaban J connectivity index is 1.05. The number of nitrogens with one attached hydrogen (secondary N) is 1. The molecule has 3 saturated carbocycles. The van der Waals surface area contributed by atoms with Gasteiger partial charge in [-0.05, 0) is 98.2 Å². The Hall–Kier alpha value is -0.580. The van der Waals surface area contributed by atoms with Crippen LogP contribution in [0.1, 0.15) is 85.5 Å². The maximum absolute atomic E-state index is 10.5. The van der Waals surface area contributed by atoms with Crippen molar-refractivity contribution in [2.45, 2.75) is 134 Å². The monoisotopic (exact) mass is 575 g/mol. The molecule has 8 heteroatoms. The number of aliphatic hydroxyl groups is 4. The number of hydrogen-bond donors (Lipinski definition) is 5. The van der Waals surface area contributed by atoms with Gasteiger partial charge in [-0.3, -0.25) is 5.32 Å². The zero-order chi connectivity index (χ0) is 28.9. The molecule has 3 aliphatic heterocycles. The van der Waals surface area contributed by atoms with Gasteiger partial charge in [-0.15, -0.1) is 0 Å². The van der Waals surface area contributed by atoms with Crippen molar-refractivity contribution in [3.8, 4) is 0 Å². The molecule has 0 radical (unpaired) electrons. The smallest absolute Gasteiger partial charge is 0.186 e. The van der Waals surface area contributed by atoms with E-state index in [1.54, 1.807) is 0 Å². The van der Waals surface area contributed by atoms with Crippen molar-refractivity contribution in [2.24, 2.45) is 46.3 Å². The van der Waals surface area contributed by atoms with Crippen LogP contribution >= 0.6 is 0 Å². The fourth-order valence-corrected chi connectivity index (χ4v) is 11.3. The fraction of sp³-hybridized carbons (Fsp3) is 0.939. The van der Waals surface area contributed by atoms with Crippen LogP contribution in [0.3, 0.4) is 0 Å². The number of allylic oxidation sites excluding steroid dienone is 1. The Labute approximate surface area is 245 Å². The van der Waals surface area contributed by atoms with E-state index in [0.29, 0.717) is 41.1 Å². The second kappa shape index (κ2) is 10.2. The Morgan fingerprint density at radius 3 is 2.54 bits per heavy atom. The van der Waals surface area contributed by atoms with Gasteiger partial charge in [-0.1, -0.05) is 39.3 Å². The number of rotatable bonds is 3. The lowest BCUT2D eigenvalue weighted by molar-refractivity contribution is -0.313. The Bertz CT molecular complexity index is 1030. The second-order valence-corrected chi connectivity index (χ2v) is 15.6. The summed E-state index contributed by atoms with van der Waals surface area (Å²) in [7, 11) is 0. The molecular weight excluding hydrogens is 522 g/mol. The maximum Gasteiger partial charge on any atom is 0.186 e. The van der Waals surface area contributed by atoms with E-state index in [1.807, 2.05) is 0 Å². The van der Waals surface area contributed by atoms with E-state index in [0.717, 1.165) is 44.6 Å². The van der Waals surface area contributed by atoms with Crippen LogP contribution in [0.15, 0.2) is 11.6 Å². The highest BCUT2D eigenvalue weighted by Gasteiger charge is 2.68. The first-order chi connectivity index (χ1) is 19.5. The van der Waals surface area contributed by atoms with Crippen molar-refractivity contribution in [1.29, 1.82) is 0 Å². The number of piperidine rings is 1. The van der Waals surface area contributed by atoms with Crippen molar-refractivity contribution in [3.05, 3.63) is 11.6 Å². The first-order valence-electron chi connectivity index (χ1n) is 16.6.